The molecule has 0 spiro atoms. The molecule has 0 saturated carbocycles. The van der Waals surface area contributed by atoms with Crippen LogP contribution in [0.2, 0.25) is 0 Å². The van der Waals surface area contributed by atoms with E-state index in [-0.39, 0.29) is 0 Å². The van der Waals surface area contributed by atoms with Crippen LogP contribution in [-0.4, -0.2) is 34.7 Å². The van der Waals surface area contributed by atoms with Crippen LogP contribution in [0.3, 0.4) is 0 Å². The van der Waals surface area contributed by atoms with Crippen molar-refractivity contribution >= 4 is 17.4 Å². The van der Waals surface area contributed by atoms with Crippen molar-refractivity contribution in [2.24, 2.45) is 0 Å². The highest BCUT2D eigenvalue weighted by Gasteiger charge is 2.21. The molecule has 1 atom stereocenters. The van der Waals surface area contributed by atoms with E-state index in [1.165, 1.54) is 0 Å². The zero-order valence-corrected chi connectivity index (χ0v) is 11.5. The van der Waals surface area contributed by atoms with E-state index in [0.29, 0.717) is 12.0 Å². The van der Waals surface area contributed by atoms with Gasteiger partial charge in [-0.25, -0.2) is 4.79 Å². The zero-order chi connectivity index (χ0) is 15.2. The summed E-state index contributed by atoms with van der Waals surface area (Å²) in [7, 11) is 0. The SMILES string of the molecule is O=C(NC(CO)C(=O)O)C1=CC=C(c2ccccc2)CC1. The fraction of sp³-hybridized carbons (Fsp3) is 0.250. The van der Waals surface area contributed by atoms with Crippen molar-refractivity contribution in [3.05, 3.63) is 53.6 Å². The maximum atomic E-state index is 11.9. The molecular weight excluding hydrogens is 270 g/mol. The summed E-state index contributed by atoms with van der Waals surface area (Å²) in [6.45, 7) is -0.626. The molecule has 0 saturated heterocycles. The highest BCUT2D eigenvalue weighted by molar-refractivity contribution is 5.97. The van der Waals surface area contributed by atoms with Gasteiger partial charge in [-0.3, -0.25) is 4.79 Å². The van der Waals surface area contributed by atoms with Gasteiger partial charge in [0, 0.05) is 5.57 Å². The van der Waals surface area contributed by atoms with Gasteiger partial charge in [-0.2, -0.15) is 0 Å². The van der Waals surface area contributed by atoms with Crippen molar-refractivity contribution in [2.45, 2.75) is 18.9 Å². The van der Waals surface area contributed by atoms with Gasteiger partial charge in [-0.05, 0) is 24.0 Å². The first-order chi connectivity index (χ1) is 10.1. The number of benzene rings is 1. The zero-order valence-electron chi connectivity index (χ0n) is 11.5. The lowest BCUT2D eigenvalue weighted by molar-refractivity contribution is -0.142. The van der Waals surface area contributed by atoms with E-state index in [0.717, 1.165) is 17.6 Å². The van der Waals surface area contributed by atoms with Crippen molar-refractivity contribution in [1.29, 1.82) is 0 Å². The molecule has 0 bridgehead atoms. The number of carbonyl (C=O) groups excluding carboxylic acids is 1. The predicted octanol–water partition coefficient (Wildman–Crippen LogP) is 1.35. The van der Waals surface area contributed by atoms with Gasteiger partial charge in [0.2, 0.25) is 5.91 Å². The molecule has 0 fully saturated rings. The Morgan fingerprint density at radius 2 is 1.86 bits per heavy atom. The fourth-order valence-corrected chi connectivity index (χ4v) is 2.16. The molecular formula is C16H17NO4. The smallest absolute Gasteiger partial charge is 0.328 e. The number of rotatable bonds is 5. The lowest BCUT2D eigenvalue weighted by Gasteiger charge is -2.17. The quantitative estimate of drug-likeness (QED) is 0.763. The Labute approximate surface area is 122 Å². The Morgan fingerprint density at radius 3 is 2.38 bits per heavy atom. The topological polar surface area (TPSA) is 86.6 Å². The van der Waals surface area contributed by atoms with E-state index >= 15 is 0 Å². The number of carboxylic acids is 1. The first-order valence-electron chi connectivity index (χ1n) is 6.71. The van der Waals surface area contributed by atoms with Crippen molar-refractivity contribution in [1.82, 2.24) is 5.32 Å². The maximum absolute atomic E-state index is 11.9. The summed E-state index contributed by atoms with van der Waals surface area (Å²) in [4.78, 5) is 22.7. The molecule has 0 aromatic heterocycles. The highest BCUT2D eigenvalue weighted by atomic mass is 16.4. The third-order valence-corrected chi connectivity index (χ3v) is 3.37. The van der Waals surface area contributed by atoms with E-state index < -0.39 is 24.5 Å². The van der Waals surface area contributed by atoms with Gasteiger partial charge in [0.15, 0.2) is 6.04 Å². The average Bonchev–Trinajstić information content (AvgIpc) is 2.53. The van der Waals surface area contributed by atoms with Gasteiger partial charge < -0.3 is 15.5 Å². The molecule has 1 aliphatic carbocycles. The largest absolute Gasteiger partial charge is 0.480 e. The first-order valence-corrected chi connectivity index (χ1v) is 6.71. The van der Waals surface area contributed by atoms with Crippen LogP contribution in [-0.2, 0) is 9.59 Å². The summed E-state index contributed by atoms with van der Waals surface area (Å²) in [5.74, 6) is -1.69. The summed E-state index contributed by atoms with van der Waals surface area (Å²) in [6.07, 6.45) is 4.85. The number of hydrogen-bond donors (Lipinski definition) is 3. The molecule has 1 aromatic rings. The molecule has 110 valence electrons. The monoisotopic (exact) mass is 287 g/mol. The molecule has 1 amide bonds. The number of allylic oxidation sites excluding steroid dienone is 3. The van der Waals surface area contributed by atoms with Crippen LogP contribution in [0, 0.1) is 0 Å². The molecule has 5 nitrogen and oxygen atoms in total. The Kier molecular flexibility index (Phi) is 4.90. The second-order valence-electron chi connectivity index (χ2n) is 4.80. The Hall–Kier alpha value is -2.40. The van der Waals surface area contributed by atoms with Crippen molar-refractivity contribution in [3.8, 4) is 0 Å². The normalized spacial score (nSPS) is 15.7. The van der Waals surface area contributed by atoms with Crippen LogP contribution in [0.1, 0.15) is 18.4 Å². The Bertz CT molecular complexity index is 590. The molecule has 1 unspecified atom stereocenters. The van der Waals surface area contributed by atoms with Crippen molar-refractivity contribution in [3.63, 3.8) is 0 Å². The molecule has 1 aliphatic rings. The van der Waals surface area contributed by atoms with E-state index in [1.807, 2.05) is 36.4 Å². The highest BCUT2D eigenvalue weighted by Crippen LogP contribution is 2.26. The van der Waals surface area contributed by atoms with E-state index in [4.69, 9.17) is 10.2 Å². The maximum Gasteiger partial charge on any atom is 0.328 e. The Morgan fingerprint density at radius 1 is 1.14 bits per heavy atom. The van der Waals surface area contributed by atoms with Crippen LogP contribution in [0.15, 0.2) is 48.1 Å². The van der Waals surface area contributed by atoms with Gasteiger partial charge in [-0.1, -0.05) is 42.5 Å². The van der Waals surface area contributed by atoms with Crippen molar-refractivity contribution < 1.29 is 19.8 Å². The second kappa shape index (κ2) is 6.85. The number of aliphatic hydroxyl groups excluding tert-OH is 1. The van der Waals surface area contributed by atoms with Crippen LogP contribution >= 0.6 is 0 Å². The number of carbonyl (C=O) groups is 2. The molecule has 3 N–H and O–H groups in total. The van der Waals surface area contributed by atoms with Gasteiger partial charge >= 0.3 is 5.97 Å². The van der Waals surface area contributed by atoms with Crippen molar-refractivity contribution in [2.75, 3.05) is 6.61 Å². The molecule has 0 aliphatic heterocycles. The lowest BCUT2D eigenvalue weighted by Crippen LogP contribution is -2.44. The summed E-state index contributed by atoms with van der Waals surface area (Å²) in [5, 5.41) is 20.0. The predicted molar refractivity (Wildman–Crippen MR) is 78.4 cm³/mol. The molecule has 21 heavy (non-hydrogen) atoms. The number of hydrogen-bond acceptors (Lipinski definition) is 3. The lowest BCUT2D eigenvalue weighted by atomic mass is 9.93. The first kappa shape index (κ1) is 15.0. The minimum Gasteiger partial charge on any atom is -0.480 e. The van der Waals surface area contributed by atoms with Crippen LogP contribution in [0.25, 0.3) is 5.57 Å². The summed E-state index contributed by atoms with van der Waals surface area (Å²) in [5.41, 5.74) is 2.78. The minimum atomic E-state index is -1.27. The molecule has 0 radical (unpaired) electrons. The van der Waals surface area contributed by atoms with E-state index in [1.54, 1.807) is 6.08 Å². The number of carboxylic acid groups (broad SMARTS) is 1. The molecule has 5 heteroatoms. The van der Waals surface area contributed by atoms with Crippen LogP contribution in [0.5, 0.6) is 0 Å². The Balaban J connectivity index is 2.06. The van der Waals surface area contributed by atoms with E-state index in [2.05, 4.69) is 5.32 Å². The minimum absolute atomic E-state index is 0.445. The summed E-state index contributed by atoms with van der Waals surface area (Å²) >= 11 is 0. The van der Waals surface area contributed by atoms with Gasteiger partial charge in [0.1, 0.15) is 0 Å². The number of nitrogens with one attached hydrogen (secondary N) is 1. The van der Waals surface area contributed by atoms with Gasteiger partial charge in [-0.15, -0.1) is 0 Å². The molecule has 1 aromatic carbocycles. The van der Waals surface area contributed by atoms with Crippen LogP contribution < -0.4 is 5.32 Å². The standard InChI is InChI=1S/C16H17NO4/c18-10-14(16(20)21)17-15(19)13-8-6-12(7-9-13)11-4-2-1-3-5-11/h1-6,8,14,18H,7,9-10H2,(H,17,19)(H,20,21). The molecule has 0 heterocycles. The third-order valence-electron chi connectivity index (χ3n) is 3.37. The summed E-state index contributed by atoms with van der Waals surface area (Å²) < 4.78 is 0. The van der Waals surface area contributed by atoms with Gasteiger partial charge in [0.25, 0.3) is 0 Å². The van der Waals surface area contributed by atoms with Crippen LogP contribution in [0.4, 0.5) is 0 Å². The number of amides is 1. The fourth-order valence-electron chi connectivity index (χ4n) is 2.16. The second-order valence-corrected chi connectivity index (χ2v) is 4.80. The van der Waals surface area contributed by atoms with E-state index in [9.17, 15) is 9.59 Å². The molecule has 2 rings (SSSR count). The number of aliphatic carboxylic acids is 1. The average molecular weight is 287 g/mol. The number of aliphatic hydroxyl groups is 1. The third kappa shape index (κ3) is 3.79. The van der Waals surface area contributed by atoms with Gasteiger partial charge in [0.05, 0.1) is 6.61 Å². The summed E-state index contributed by atoms with van der Waals surface area (Å²) in [6, 6.07) is 8.62.